The van der Waals surface area contributed by atoms with Gasteiger partial charge in [0.25, 0.3) is 5.91 Å². The Kier molecular flexibility index (Phi) is 7.23. The lowest BCUT2D eigenvalue weighted by atomic mass is 9.98. The van der Waals surface area contributed by atoms with Crippen molar-refractivity contribution in [3.05, 3.63) is 74.6 Å². The van der Waals surface area contributed by atoms with E-state index in [4.69, 9.17) is 13.9 Å². The van der Waals surface area contributed by atoms with Crippen molar-refractivity contribution in [1.29, 1.82) is 0 Å². The lowest BCUT2D eigenvalue weighted by Gasteiger charge is -2.23. The molecular formula is C28H29N3O5S. The van der Waals surface area contributed by atoms with Crippen LogP contribution in [0, 0.1) is 0 Å². The standard InChI is InChI=1S/C28H29N3O5S/c1-4-7-15-35-20-14-13-17(16-21(20)34-6-3)24-23-25(32)18-11-8-9-12-19(18)36-26(23)27(33)31(24)28-30-29-22(37-28)10-5-2/h8-9,11-14,16,24H,4-7,10,15H2,1-3H3. The number of unbranched alkanes of at least 4 members (excludes halogenated alkanes) is 1. The number of fused-ring (bicyclic) bond motifs is 2. The number of rotatable bonds is 10. The van der Waals surface area contributed by atoms with Crippen LogP contribution in [0.25, 0.3) is 11.0 Å². The van der Waals surface area contributed by atoms with Crippen molar-refractivity contribution in [2.75, 3.05) is 18.1 Å². The Balaban J connectivity index is 1.68. The Hall–Kier alpha value is -3.72. The van der Waals surface area contributed by atoms with Crippen LogP contribution in [-0.2, 0) is 6.42 Å². The first-order valence-corrected chi connectivity index (χ1v) is 13.5. The normalized spacial score (nSPS) is 14.8. The highest BCUT2D eigenvalue weighted by atomic mass is 32.1. The summed E-state index contributed by atoms with van der Waals surface area (Å²) >= 11 is 1.35. The van der Waals surface area contributed by atoms with Gasteiger partial charge in [-0.05, 0) is 49.6 Å². The molecule has 2 aromatic heterocycles. The Bertz CT molecular complexity index is 1490. The van der Waals surface area contributed by atoms with Crippen molar-refractivity contribution in [2.45, 2.75) is 52.5 Å². The average Bonchev–Trinajstić information content (AvgIpc) is 3.48. The minimum atomic E-state index is -0.741. The highest BCUT2D eigenvalue weighted by Gasteiger charge is 2.45. The molecule has 2 aromatic carbocycles. The zero-order chi connectivity index (χ0) is 25.9. The van der Waals surface area contributed by atoms with Crippen molar-refractivity contribution in [2.24, 2.45) is 0 Å². The molecule has 3 heterocycles. The maximum Gasteiger partial charge on any atom is 0.297 e. The van der Waals surface area contributed by atoms with Gasteiger partial charge in [0.05, 0.1) is 30.2 Å². The molecular weight excluding hydrogens is 490 g/mol. The molecule has 0 spiro atoms. The summed E-state index contributed by atoms with van der Waals surface area (Å²) in [5.74, 6) is 0.804. The van der Waals surface area contributed by atoms with Crippen LogP contribution in [0.5, 0.6) is 11.5 Å². The highest BCUT2D eigenvalue weighted by molar-refractivity contribution is 7.15. The molecule has 1 aliphatic rings. The first-order chi connectivity index (χ1) is 18.1. The Labute approximate surface area is 218 Å². The van der Waals surface area contributed by atoms with Gasteiger partial charge in [-0.15, -0.1) is 10.2 Å². The molecule has 37 heavy (non-hydrogen) atoms. The fourth-order valence-electron chi connectivity index (χ4n) is 4.50. The molecule has 0 fully saturated rings. The monoisotopic (exact) mass is 519 g/mol. The summed E-state index contributed by atoms with van der Waals surface area (Å²) in [5.41, 5.74) is 1.13. The number of carbonyl (C=O) groups is 1. The fourth-order valence-corrected chi connectivity index (χ4v) is 5.47. The minimum absolute atomic E-state index is 0.0298. The molecule has 1 amide bonds. The van der Waals surface area contributed by atoms with E-state index in [0.29, 0.717) is 46.4 Å². The number of carbonyl (C=O) groups excluding carboxylic acids is 1. The second-order valence-corrected chi connectivity index (χ2v) is 9.86. The number of para-hydroxylation sites is 1. The summed E-state index contributed by atoms with van der Waals surface area (Å²) < 4.78 is 17.9. The van der Waals surface area contributed by atoms with Crippen LogP contribution in [0.3, 0.4) is 0 Å². The van der Waals surface area contributed by atoms with Gasteiger partial charge in [0.15, 0.2) is 16.9 Å². The van der Waals surface area contributed by atoms with E-state index in [1.165, 1.54) is 16.2 Å². The van der Waals surface area contributed by atoms with Gasteiger partial charge >= 0.3 is 0 Å². The van der Waals surface area contributed by atoms with Gasteiger partial charge < -0.3 is 13.9 Å². The number of ether oxygens (including phenoxy) is 2. The summed E-state index contributed by atoms with van der Waals surface area (Å²) in [5, 5.41) is 10.3. The third-order valence-corrected chi connectivity index (χ3v) is 7.22. The van der Waals surface area contributed by atoms with E-state index < -0.39 is 11.9 Å². The van der Waals surface area contributed by atoms with E-state index in [-0.39, 0.29) is 16.8 Å². The van der Waals surface area contributed by atoms with Crippen LogP contribution in [-0.4, -0.2) is 29.3 Å². The number of anilines is 1. The molecule has 0 N–H and O–H groups in total. The molecule has 5 rings (SSSR count). The molecule has 192 valence electrons. The van der Waals surface area contributed by atoms with Crippen molar-refractivity contribution < 1.29 is 18.7 Å². The van der Waals surface area contributed by atoms with Gasteiger partial charge in [0.2, 0.25) is 10.9 Å². The average molecular weight is 520 g/mol. The number of benzene rings is 2. The smallest absolute Gasteiger partial charge is 0.297 e. The molecule has 0 bridgehead atoms. The van der Waals surface area contributed by atoms with E-state index in [1.54, 1.807) is 24.3 Å². The van der Waals surface area contributed by atoms with Crippen LogP contribution < -0.4 is 19.8 Å². The Morgan fingerprint density at radius 3 is 2.62 bits per heavy atom. The second-order valence-electron chi connectivity index (χ2n) is 8.82. The molecule has 0 saturated carbocycles. The first kappa shape index (κ1) is 25.0. The summed E-state index contributed by atoms with van der Waals surface area (Å²) in [4.78, 5) is 29.1. The highest BCUT2D eigenvalue weighted by Crippen LogP contribution is 2.44. The predicted molar refractivity (Wildman–Crippen MR) is 143 cm³/mol. The van der Waals surface area contributed by atoms with Crippen LogP contribution in [0.15, 0.2) is 51.7 Å². The first-order valence-electron chi connectivity index (χ1n) is 12.7. The predicted octanol–water partition coefficient (Wildman–Crippen LogP) is 5.92. The van der Waals surface area contributed by atoms with Gasteiger partial charge in [-0.25, -0.2) is 0 Å². The summed E-state index contributed by atoms with van der Waals surface area (Å²) in [6, 6.07) is 11.8. The summed E-state index contributed by atoms with van der Waals surface area (Å²) in [6.45, 7) is 7.09. The van der Waals surface area contributed by atoms with E-state index in [9.17, 15) is 9.59 Å². The third-order valence-electron chi connectivity index (χ3n) is 6.24. The zero-order valence-electron chi connectivity index (χ0n) is 21.2. The Morgan fingerprint density at radius 1 is 1.00 bits per heavy atom. The molecule has 0 saturated heterocycles. The second kappa shape index (κ2) is 10.7. The quantitative estimate of drug-likeness (QED) is 0.240. The van der Waals surface area contributed by atoms with Gasteiger partial charge in [0.1, 0.15) is 10.6 Å². The van der Waals surface area contributed by atoms with Crippen LogP contribution >= 0.6 is 11.3 Å². The van der Waals surface area contributed by atoms with Crippen molar-refractivity contribution in [1.82, 2.24) is 10.2 Å². The van der Waals surface area contributed by atoms with E-state index >= 15 is 0 Å². The number of hydrogen-bond donors (Lipinski definition) is 0. The van der Waals surface area contributed by atoms with E-state index in [0.717, 1.165) is 30.7 Å². The van der Waals surface area contributed by atoms with Crippen molar-refractivity contribution >= 4 is 33.3 Å². The zero-order valence-corrected chi connectivity index (χ0v) is 22.0. The number of amides is 1. The van der Waals surface area contributed by atoms with Crippen LogP contribution in [0.4, 0.5) is 5.13 Å². The van der Waals surface area contributed by atoms with Crippen molar-refractivity contribution in [3.63, 3.8) is 0 Å². The van der Waals surface area contributed by atoms with Gasteiger partial charge in [-0.2, -0.15) is 0 Å². The maximum atomic E-state index is 13.8. The third kappa shape index (κ3) is 4.59. The van der Waals surface area contributed by atoms with Gasteiger partial charge in [-0.1, -0.05) is 49.8 Å². The number of aromatic nitrogens is 2. The molecule has 0 aliphatic carbocycles. The summed E-state index contributed by atoms with van der Waals surface area (Å²) in [7, 11) is 0. The molecule has 4 aromatic rings. The molecule has 1 aliphatic heterocycles. The minimum Gasteiger partial charge on any atom is -0.490 e. The number of nitrogens with zero attached hydrogens (tertiary/aromatic N) is 3. The maximum absolute atomic E-state index is 13.8. The molecule has 8 nitrogen and oxygen atoms in total. The summed E-state index contributed by atoms with van der Waals surface area (Å²) in [6.07, 6.45) is 3.62. The molecule has 1 unspecified atom stereocenters. The van der Waals surface area contributed by atoms with Crippen molar-refractivity contribution in [3.8, 4) is 11.5 Å². The molecule has 1 atom stereocenters. The van der Waals surface area contributed by atoms with Gasteiger partial charge in [0, 0.05) is 6.42 Å². The van der Waals surface area contributed by atoms with E-state index in [2.05, 4.69) is 24.0 Å². The molecule has 9 heteroatoms. The van der Waals surface area contributed by atoms with E-state index in [1.807, 2.05) is 25.1 Å². The fraction of sp³-hybridized carbons (Fsp3) is 0.357. The van der Waals surface area contributed by atoms with Crippen LogP contribution in [0.2, 0.25) is 0 Å². The lowest BCUT2D eigenvalue weighted by Crippen LogP contribution is -2.29. The number of aryl methyl sites for hydroxylation is 1. The SMILES string of the molecule is CCCCOc1ccc(C2c3c(oc4ccccc4c3=O)C(=O)N2c2nnc(CCC)s2)cc1OCC. The number of hydrogen-bond acceptors (Lipinski definition) is 8. The Morgan fingerprint density at radius 2 is 1.84 bits per heavy atom. The lowest BCUT2D eigenvalue weighted by molar-refractivity contribution is 0.0970. The topological polar surface area (TPSA) is 94.8 Å². The van der Waals surface area contributed by atoms with Gasteiger partial charge in [-0.3, -0.25) is 14.5 Å². The largest absolute Gasteiger partial charge is 0.490 e. The molecule has 0 radical (unpaired) electrons. The van der Waals surface area contributed by atoms with Crippen LogP contribution in [0.1, 0.15) is 72.8 Å².